The second kappa shape index (κ2) is 8.79. The van der Waals surface area contributed by atoms with Crippen molar-refractivity contribution >= 4 is 5.91 Å². The average molecular weight is 345 g/mol. The molecule has 1 amide bonds. The molecule has 0 radical (unpaired) electrons. The molecule has 2 heterocycles. The van der Waals surface area contributed by atoms with Crippen LogP contribution in [0.5, 0.6) is 0 Å². The van der Waals surface area contributed by atoms with E-state index in [1.54, 1.807) is 0 Å². The van der Waals surface area contributed by atoms with E-state index in [1.165, 1.54) is 12.0 Å². The zero-order valence-corrected chi connectivity index (χ0v) is 15.5. The van der Waals surface area contributed by atoms with Gasteiger partial charge in [0.05, 0.1) is 12.2 Å². The summed E-state index contributed by atoms with van der Waals surface area (Å²) in [5.74, 6) is 0.139. The molecule has 3 rings (SSSR count). The molecule has 138 valence electrons. The molecule has 3 atom stereocenters. The molecule has 2 fully saturated rings. The van der Waals surface area contributed by atoms with Crippen molar-refractivity contribution < 1.29 is 9.53 Å². The van der Waals surface area contributed by atoms with E-state index in [9.17, 15) is 4.79 Å². The van der Waals surface area contributed by atoms with Gasteiger partial charge in [0.2, 0.25) is 5.91 Å². The van der Waals surface area contributed by atoms with Gasteiger partial charge in [0.25, 0.3) is 0 Å². The van der Waals surface area contributed by atoms with E-state index in [4.69, 9.17) is 4.74 Å². The monoisotopic (exact) mass is 345 g/mol. The minimum atomic E-state index is 0.139. The topological polar surface area (TPSA) is 53.6 Å². The van der Waals surface area contributed by atoms with Gasteiger partial charge in [0, 0.05) is 38.6 Å². The highest BCUT2D eigenvalue weighted by Crippen LogP contribution is 2.15. The summed E-state index contributed by atoms with van der Waals surface area (Å²) in [6.07, 6.45) is 3.48. The number of benzene rings is 1. The second-order valence-corrected chi connectivity index (χ2v) is 7.54. The molecular weight excluding hydrogens is 314 g/mol. The van der Waals surface area contributed by atoms with Gasteiger partial charge in [-0.15, -0.1) is 0 Å². The highest BCUT2D eigenvalue weighted by atomic mass is 16.5. The standard InChI is InChI=1S/C20H31N3O2/c1-15-12-23(13-16(2)25-15)14-18-7-5-17(6-8-18)11-22-20(24)10-19-4-3-9-21-19/h5-8,15-16,19,21H,3-4,9-14H2,1-2H3,(H,22,24). The fourth-order valence-electron chi connectivity index (χ4n) is 3.86. The molecule has 0 saturated carbocycles. The van der Waals surface area contributed by atoms with E-state index in [0.29, 0.717) is 31.2 Å². The van der Waals surface area contributed by atoms with E-state index in [-0.39, 0.29) is 5.91 Å². The molecule has 1 aromatic carbocycles. The second-order valence-electron chi connectivity index (χ2n) is 7.54. The molecular formula is C20H31N3O2. The number of carbonyl (C=O) groups is 1. The SMILES string of the molecule is CC1CN(Cc2ccc(CNC(=O)CC3CCCN3)cc2)CC(C)O1. The van der Waals surface area contributed by atoms with Crippen molar-refractivity contribution in [1.29, 1.82) is 0 Å². The van der Waals surface area contributed by atoms with Gasteiger partial charge in [-0.2, -0.15) is 0 Å². The van der Waals surface area contributed by atoms with Crippen LogP contribution in [0.3, 0.4) is 0 Å². The van der Waals surface area contributed by atoms with E-state index in [2.05, 4.69) is 53.6 Å². The Labute approximate surface area is 151 Å². The minimum Gasteiger partial charge on any atom is -0.373 e. The molecule has 2 aliphatic heterocycles. The van der Waals surface area contributed by atoms with Crippen LogP contribution in [0, 0.1) is 0 Å². The first-order valence-corrected chi connectivity index (χ1v) is 9.54. The highest BCUT2D eigenvalue weighted by molar-refractivity contribution is 5.76. The van der Waals surface area contributed by atoms with Crippen molar-refractivity contribution in [3.63, 3.8) is 0 Å². The maximum absolute atomic E-state index is 12.0. The van der Waals surface area contributed by atoms with Crippen molar-refractivity contribution in [3.05, 3.63) is 35.4 Å². The molecule has 0 aromatic heterocycles. The van der Waals surface area contributed by atoms with Gasteiger partial charge in [-0.3, -0.25) is 9.69 Å². The summed E-state index contributed by atoms with van der Waals surface area (Å²) in [6, 6.07) is 8.95. The van der Waals surface area contributed by atoms with E-state index in [0.717, 1.165) is 38.2 Å². The first-order chi connectivity index (χ1) is 12.1. The molecule has 3 unspecified atom stereocenters. The Morgan fingerprint density at radius 1 is 1.20 bits per heavy atom. The number of amides is 1. The molecule has 25 heavy (non-hydrogen) atoms. The van der Waals surface area contributed by atoms with Crippen LogP contribution in [0.15, 0.2) is 24.3 Å². The lowest BCUT2D eigenvalue weighted by molar-refractivity contribution is -0.121. The van der Waals surface area contributed by atoms with Gasteiger partial charge in [-0.1, -0.05) is 24.3 Å². The van der Waals surface area contributed by atoms with Gasteiger partial charge in [0.15, 0.2) is 0 Å². The molecule has 0 spiro atoms. The lowest BCUT2D eigenvalue weighted by Crippen LogP contribution is -2.44. The largest absolute Gasteiger partial charge is 0.373 e. The summed E-state index contributed by atoms with van der Waals surface area (Å²) >= 11 is 0. The lowest BCUT2D eigenvalue weighted by Gasteiger charge is -2.35. The van der Waals surface area contributed by atoms with Crippen molar-refractivity contribution in [1.82, 2.24) is 15.5 Å². The normalized spacial score (nSPS) is 27.4. The molecule has 0 aliphatic carbocycles. The van der Waals surface area contributed by atoms with Crippen molar-refractivity contribution in [3.8, 4) is 0 Å². The Hall–Kier alpha value is -1.43. The number of nitrogens with one attached hydrogen (secondary N) is 2. The third kappa shape index (κ3) is 5.80. The van der Waals surface area contributed by atoms with Crippen LogP contribution in [-0.4, -0.2) is 48.7 Å². The summed E-state index contributed by atoms with van der Waals surface area (Å²) in [6.45, 7) is 8.84. The molecule has 2 saturated heterocycles. The van der Waals surface area contributed by atoms with Crippen LogP contribution < -0.4 is 10.6 Å². The summed E-state index contributed by atoms with van der Waals surface area (Å²) < 4.78 is 5.79. The molecule has 5 nitrogen and oxygen atoms in total. The number of hydrogen-bond acceptors (Lipinski definition) is 4. The number of ether oxygens (including phenoxy) is 1. The predicted molar refractivity (Wildman–Crippen MR) is 99.2 cm³/mol. The Kier molecular flexibility index (Phi) is 6.45. The van der Waals surface area contributed by atoms with Gasteiger partial charge >= 0.3 is 0 Å². The van der Waals surface area contributed by atoms with Crippen molar-refractivity contribution in [2.75, 3.05) is 19.6 Å². The first-order valence-electron chi connectivity index (χ1n) is 9.54. The molecule has 2 aliphatic rings. The number of carbonyl (C=O) groups excluding carboxylic acids is 1. The van der Waals surface area contributed by atoms with E-state index < -0.39 is 0 Å². The molecule has 2 N–H and O–H groups in total. The number of rotatable bonds is 6. The van der Waals surface area contributed by atoms with Crippen LogP contribution in [0.1, 0.15) is 44.2 Å². The molecule has 1 aromatic rings. The average Bonchev–Trinajstić information content (AvgIpc) is 3.06. The fourth-order valence-corrected chi connectivity index (χ4v) is 3.86. The zero-order valence-electron chi connectivity index (χ0n) is 15.5. The van der Waals surface area contributed by atoms with Crippen LogP contribution >= 0.6 is 0 Å². The van der Waals surface area contributed by atoms with Crippen LogP contribution in [-0.2, 0) is 22.6 Å². The number of nitrogens with zero attached hydrogens (tertiary/aromatic N) is 1. The van der Waals surface area contributed by atoms with Crippen LogP contribution in [0.25, 0.3) is 0 Å². The highest BCUT2D eigenvalue weighted by Gasteiger charge is 2.22. The summed E-state index contributed by atoms with van der Waals surface area (Å²) in [5.41, 5.74) is 2.46. The van der Waals surface area contributed by atoms with E-state index >= 15 is 0 Å². The third-order valence-electron chi connectivity index (χ3n) is 5.01. The minimum absolute atomic E-state index is 0.139. The summed E-state index contributed by atoms with van der Waals surface area (Å²) in [5, 5.41) is 6.40. The van der Waals surface area contributed by atoms with Gasteiger partial charge in [-0.25, -0.2) is 0 Å². The Morgan fingerprint density at radius 2 is 1.88 bits per heavy atom. The zero-order chi connectivity index (χ0) is 17.6. The number of hydrogen-bond donors (Lipinski definition) is 2. The summed E-state index contributed by atoms with van der Waals surface area (Å²) in [4.78, 5) is 14.4. The first kappa shape index (κ1) is 18.4. The predicted octanol–water partition coefficient (Wildman–Crippen LogP) is 2.05. The van der Waals surface area contributed by atoms with Gasteiger partial charge in [-0.05, 0) is 44.4 Å². The molecule has 5 heteroatoms. The third-order valence-corrected chi connectivity index (χ3v) is 5.01. The van der Waals surface area contributed by atoms with Crippen molar-refractivity contribution in [2.24, 2.45) is 0 Å². The summed E-state index contributed by atoms with van der Waals surface area (Å²) in [7, 11) is 0. The Balaban J connectivity index is 1.43. The van der Waals surface area contributed by atoms with E-state index in [1.807, 2.05) is 0 Å². The smallest absolute Gasteiger partial charge is 0.221 e. The fraction of sp³-hybridized carbons (Fsp3) is 0.650. The number of morpholine rings is 1. The lowest BCUT2D eigenvalue weighted by atomic mass is 10.1. The quantitative estimate of drug-likeness (QED) is 0.829. The molecule has 0 bridgehead atoms. The van der Waals surface area contributed by atoms with Gasteiger partial charge in [0.1, 0.15) is 0 Å². The van der Waals surface area contributed by atoms with Crippen LogP contribution in [0.2, 0.25) is 0 Å². The van der Waals surface area contributed by atoms with Gasteiger partial charge < -0.3 is 15.4 Å². The Bertz CT molecular complexity index is 545. The maximum Gasteiger partial charge on any atom is 0.221 e. The Morgan fingerprint density at radius 3 is 2.52 bits per heavy atom. The van der Waals surface area contributed by atoms with Crippen LogP contribution in [0.4, 0.5) is 0 Å². The maximum atomic E-state index is 12.0. The van der Waals surface area contributed by atoms with Crippen molar-refractivity contribution in [2.45, 2.75) is 64.4 Å².